The molecule has 1 heterocycles. The molecule has 20 heavy (non-hydrogen) atoms. The molecule has 0 aliphatic carbocycles. The third-order valence-corrected chi connectivity index (χ3v) is 2.93. The molecule has 108 valence electrons. The molecule has 0 saturated carbocycles. The van der Waals surface area contributed by atoms with Gasteiger partial charge in [-0.25, -0.2) is 4.68 Å². The molecule has 0 spiro atoms. The third-order valence-electron chi connectivity index (χ3n) is 2.93. The molecule has 2 aromatic rings. The largest absolute Gasteiger partial charge is 0.359 e. The molecule has 0 radical (unpaired) electrons. The van der Waals surface area contributed by atoms with Crippen LogP contribution in [0.15, 0.2) is 41.5 Å². The SMILES string of the molecule is CN=C(NC)NCc1cn(-c2ccccc2)nc1C.I. The molecule has 0 fully saturated rings. The number of halogens is 1. The van der Waals surface area contributed by atoms with E-state index in [0.29, 0.717) is 6.54 Å². The van der Waals surface area contributed by atoms with Crippen molar-refractivity contribution in [3.8, 4) is 5.69 Å². The molecule has 0 aliphatic heterocycles. The fourth-order valence-electron chi connectivity index (χ4n) is 1.84. The highest BCUT2D eigenvalue weighted by Crippen LogP contribution is 2.11. The summed E-state index contributed by atoms with van der Waals surface area (Å²) in [5, 5.41) is 10.7. The molecular formula is C14H20IN5. The molecule has 1 aromatic heterocycles. The maximum absolute atomic E-state index is 4.53. The molecule has 0 saturated heterocycles. The second-order valence-electron chi connectivity index (χ2n) is 4.20. The van der Waals surface area contributed by atoms with Crippen LogP contribution in [-0.4, -0.2) is 29.8 Å². The fourth-order valence-corrected chi connectivity index (χ4v) is 1.84. The Bertz CT molecular complexity index is 562. The first-order valence-electron chi connectivity index (χ1n) is 6.23. The van der Waals surface area contributed by atoms with Crippen molar-refractivity contribution in [2.45, 2.75) is 13.5 Å². The Kier molecular flexibility index (Phi) is 6.50. The van der Waals surface area contributed by atoms with E-state index >= 15 is 0 Å². The Morgan fingerprint density at radius 3 is 2.60 bits per heavy atom. The summed E-state index contributed by atoms with van der Waals surface area (Å²) < 4.78 is 1.90. The van der Waals surface area contributed by atoms with Gasteiger partial charge in [0.05, 0.1) is 11.4 Å². The highest BCUT2D eigenvalue weighted by molar-refractivity contribution is 14.0. The van der Waals surface area contributed by atoms with Gasteiger partial charge in [0.15, 0.2) is 5.96 Å². The maximum atomic E-state index is 4.53. The Hall–Kier alpha value is -1.57. The average molecular weight is 385 g/mol. The summed E-state index contributed by atoms with van der Waals surface area (Å²) in [6.45, 7) is 2.71. The summed E-state index contributed by atoms with van der Waals surface area (Å²) in [6.07, 6.45) is 2.04. The molecule has 6 heteroatoms. The van der Waals surface area contributed by atoms with Crippen molar-refractivity contribution in [3.63, 3.8) is 0 Å². The van der Waals surface area contributed by atoms with Crippen molar-refractivity contribution in [2.24, 2.45) is 4.99 Å². The van der Waals surface area contributed by atoms with Crippen LogP contribution in [0.2, 0.25) is 0 Å². The van der Waals surface area contributed by atoms with E-state index < -0.39 is 0 Å². The van der Waals surface area contributed by atoms with Gasteiger partial charge in [-0.15, -0.1) is 24.0 Å². The Balaban J connectivity index is 0.00000200. The zero-order valence-corrected chi connectivity index (χ0v) is 14.3. The van der Waals surface area contributed by atoms with E-state index in [1.165, 1.54) is 0 Å². The first-order valence-corrected chi connectivity index (χ1v) is 6.23. The quantitative estimate of drug-likeness (QED) is 0.484. The number of benzene rings is 1. The average Bonchev–Trinajstić information content (AvgIpc) is 2.82. The zero-order valence-electron chi connectivity index (χ0n) is 11.9. The van der Waals surface area contributed by atoms with Crippen LogP contribution in [0.4, 0.5) is 0 Å². The molecule has 5 nitrogen and oxygen atoms in total. The number of nitrogens with zero attached hydrogens (tertiary/aromatic N) is 3. The topological polar surface area (TPSA) is 54.2 Å². The Labute approximate surface area is 136 Å². The van der Waals surface area contributed by atoms with Crippen molar-refractivity contribution < 1.29 is 0 Å². The van der Waals surface area contributed by atoms with Crippen LogP contribution in [0, 0.1) is 6.92 Å². The summed E-state index contributed by atoms with van der Waals surface area (Å²) in [6, 6.07) is 10.1. The van der Waals surface area contributed by atoms with E-state index in [2.05, 4.69) is 20.7 Å². The molecule has 2 N–H and O–H groups in total. The maximum Gasteiger partial charge on any atom is 0.190 e. The van der Waals surface area contributed by atoms with Crippen LogP contribution < -0.4 is 10.6 Å². The highest BCUT2D eigenvalue weighted by Gasteiger charge is 2.06. The molecule has 0 aliphatic rings. The number of hydrogen-bond donors (Lipinski definition) is 2. The lowest BCUT2D eigenvalue weighted by Gasteiger charge is -2.07. The zero-order chi connectivity index (χ0) is 13.7. The molecule has 0 bridgehead atoms. The van der Waals surface area contributed by atoms with Crippen LogP contribution >= 0.6 is 24.0 Å². The molecule has 2 rings (SSSR count). The Morgan fingerprint density at radius 2 is 2.00 bits per heavy atom. The summed E-state index contributed by atoms with van der Waals surface area (Å²) in [5.74, 6) is 0.770. The number of rotatable bonds is 3. The third kappa shape index (κ3) is 3.96. The predicted molar refractivity (Wildman–Crippen MR) is 93.0 cm³/mol. The van der Waals surface area contributed by atoms with Crippen LogP contribution in [0.5, 0.6) is 0 Å². The second kappa shape index (κ2) is 7.88. The molecule has 0 atom stereocenters. The van der Waals surface area contributed by atoms with Crippen molar-refractivity contribution in [1.82, 2.24) is 20.4 Å². The van der Waals surface area contributed by atoms with Crippen LogP contribution in [0.1, 0.15) is 11.3 Å². The summed E-state index contributed by atoms with van der Waals surface area (Å²) in [4.78, 5) is 4.08. The number of para-hydroxylation sites is 1. The van der Waals surface area contributed by atoms with Gasteiger partial charge in [-0.2, -0.15) is 5.10 Å². The fraction of sp³-hybridized carbons (Fsp3) is 0.286. The monoisotopic (exact) mass is 385 g/mol. The summed E-state index contributed by atoms with van der Waals surface area (Å²) in [5.41, 5.74) is 3.23. The minimum Gasteiger partial charge on any atom is -0.359 e. The van der Waals surface area contributed by atoms with Gasteiger partial charge in [0.25, 0.3) is 0 Å². The standard InChI is InChI=1S/C14H19N5.HI/c1-11-12(9-17-14(15-2)16-3)10-19(18-11)13-7-5-4-6-8-13;/h4-8,10H,9H2,1-3H3,(H2,15,16,17);1H. The molecule has 0 amide bonds. The van der Waals surface area contributed by atoms with Gasteiger partial charge in [-0.3, -0.25) is 4.99 Å². The van der Waals surface area contributed by atoms with E-state index in [-0.39, 0.29) is 24.0 Å². The predicted octanol–water partition coefficient (Wildman–Crippen LogP) is 2.09. The van der Waals surface area contributed by atoms with Gasteiger partial charge >= 0.3 is 0 Å². The van der Waals surface area contributed by atoms with Gasteiger partial charge in [-0.05, 0) is 19.1 Å². The number of aryl methyl sites for hydroxylation is 1. The number of hydrogen-bond acceptors (Lipinski definition) is 2. The smallest absolute Gasteiger partial charge is 0.190 e. The molecule has 0 unspecified atom stereocenters. The van der Waals surface area contributed by atoms with Crippen molar-refractivity contribution in [1.29, 1.82) is 0 Å². The second-order valence-corrected chi connectivity index (χ2v) is 4.20. The van der Waals surface area contributed by atoms with Gasteiger partial charge in [0.2, 0.25) is 0 Å². The van der Waals surface area contributed by atoms with Gasteiger partial charge in [0, 0.05) is 32.4 Å². The van der Waals surface area contributed by atoms with Crippen molar-refractivity contribution >= 4 is 29.9 Å². The number of aliphatic imine (C=N–C) groups is 1. The number of guanidine groups is 1. The van der Waals surface area contributed by atoms with E-state index in [1.807, 2.05) is 55.2 Å². The van der Waals surface area contributed by atoms with Crippen molar-refractivity contribution in [3.05, 3.63) is 47.8 Å². The highest BCUT2D eigenvalue weighted by atomic mass is 127. The van der Waals surface area contributed by atoms with Gasteiger partial charge in [0.1, 0.15) is 0 Å². The van der Waals surface area contributed by atoms with E-state index in [0.717, 1.165) is 22.9 Å². The summed E-state index contributed by atoms with van der Waals surface area (Å²) in [7, 11) is 3.59. The van der Waals surface area contributed by atoms with Gasteiger partial charge in [-0.1, -0.05) is 18.2 Å². The van der Waals surface area contributed by atoms with E-state index in [1.54, 1.807) is 7.05 Å². The van der Waals surface area contributed by atoms with Crippen molar-refractivity contribution in [2.75, 3.05) is 14.1 Å². The molecular weight excluding hydrogens is 365 g/mol. The summed E-state index contributed by atoms with van der Waals surface area (Å²) >= 11 is 0. The van der Waals surface area contributed by atoms with Crippen LogP contribution in [0.25, 0.3) is 5.69 Å². The van der Waals surface area contributed by atoms with E-state index in [9.17, 15) is 0 Å². The van der Waals surface area contributed by atoms with Gasteiger partial charge < -0.3 is 10.6 Å². The Morgan fingerprint density at radius 1 is 1.30 bits per heavy atom. The van der Waals surface area contributed by atoms with Crippen LogP contribution in [-0.2, 0) is 6.54 Å². The normalized spacial score (nSPS) is 10.8. The van der Waals surface area contributed by atoms with E-state index in [4.69, 9.17) is 0 Å². The number of aromatic nitrogens is 2. The lowest BCUT2D eigenvalue weighted by atomic mass is 10.2. The minimum atomic E-state index is 0. The first-order chi connectivity index (χ1) is 9.24. The van der Waals surface area contributed by atoms with Crippen LogP contribution in [0.3, 0.4) is 0 Å². The molecule has 1 aromatic carbocycles. The lowest BCUT2D eigenvalue weighted by molar-refractivity contribution is 0.860. The lowest BCUT2D eigenvalue weighted by Crippen LogP contribution is -2.34. The number of nitrogens with one attached hydrogen (secondary N) is 2. The minimum absolute atomic E-state index is 0. The first kappa shape index (κ1) is 16.5.